The number of nitrogens with two attached hydrogens (primary N) is 2. The zero-order chi connectivity index (χ0) is 9.84. The van der Waals surface area contributed by atoms with E-state index in [0.717, 1.165) is 0 Å². The normalized spacial score (nSPS) is 12.1. The summed E-state index contributed by atoms with van der Waals surface area (Å²) in [6, 6.07) is 3.17. The molecular weight excluding hydrogens is 188 g/mol. The summed E-state index contributed by atoms with van der Waals surface area (Å²) in [5.41, 5.74) is 12.3. The third-order valence-electron chi connectivity index (χ3n) is 1.60. The fourth-order valence-corrected chi connectivity index (χ4v) is 1.19. The largest absolute Gasteiger partial charge is 0.397 e. The number of rotatable bonds is 2. The minimum Gasteiger partial charge on any atom is -0.397 e. The Kier molecular flexibility index (Phi) is 3.07. The molecule has 0 fully saturated rings. The second kappa shape index (κ2) is 4.08. The zero-order valence-electron chi connectivity index (χ0n) is 6.87. The molecule has 0 aliphatic carbocycles. The van der Waals surface area contributed by atoms with E-state index in [9.17, 15) is 0 Å². The first-order valence-electron chi connectivity index (χ1n) is 3.68. The lowest BCUT2D eigenvalue weighted by Gasteiger charge is -2.09. The van der Waals surface area contributed by atoms with Gasteiger partial charge in [-0.2, -0.15) is 5.26 Å². The average Bonchev–Trinajstić information content (AvgIpc) is 2.09. The van der Waals surface area contributed by atoms with Crippen LogP contribution in [0.15, 0.2) is 12.3 Å². The molecule has 68 valence electrons. The van der Waals surface area contributed by atoms with E-state index in [1.54, 1.807) is 6.07 Å². The van der Waals surface area contributed by atoms with Crippen LogP contribution in [0.5, 0.6) is 0 Å². The van der Waals surface area contributed by atoms with Crippen molar-refractivity contribution in [3.63, 3.8) is 0 Å². The van der Waals surface area contributed by atoms with E-state index in [2.05, 4.69) is 4.98 Å². The highest BCUT2D eigenvalue weighted by Gasteiger charge is 2.10. The summed E-state index contributed by atoms with van der Waals surface area (Å²) in [5.74, 6) is 0. The Morgan fingerprint density at radius 2 is 2.38 bits per heavy atom. The number of nitriles is 1. The zero-order valence-corrected chi connectivity index (χ0v) is 7.62. The fraction of sp³-hybridized carbons (Fsp3) is 0.250. The van der Waals surface area contributed by atoms with Crippen LogP contribution in [0.3, 0.4) is 0 Å². The van der Waals surface area contributed by atoms with E-state index in [1.807, 2.05) is 6.07 Å². The smallest absolute Gasteiger partial charge is 0.133 e. The molecule has 5 heteroatoms. The van der Waals surface area contributed by atoms with Crippen molar-refractivity contribution in [1.82, 2.24) is 4.98 Å². The molecule has 0 spiro atoms. The Hall–Kier alpha value is -1.31. The number of nitrogen functional groups attached to an aromatic ring is 1. The van der Waals surface area contributed by atoms with Gasteiger partial charge in [0.2, 0.25) is 0 Å². The third-order valence-corrected chi connectivity index (χ3v) is 1.91. The molecule has 13 heavy (non-hydrogen) atoms. The number of halogens is 1. The van der Waals surface area contributed by atoms with Crippen LogP contribution < -0.4 is 11.5 Å². The van der Waals surface area contributed by atoms with Crippen LogP contribution in [0, 0.1) is 11.3 Å². The van der Waals surface area contributed by atoms with Crippen molar-refractivity contribution in [3.05, 3.63) is 23.0 Å². The van der Waals surface area contributed by atoms with E-state index in [1.165, 1.54) is 6.20 Å². The van der Waals surface area contributed by atoms with Crippen LogP contribution in [-0.2, 0) is 0 Å². The van der Waals surface area contributed by atoms with E-state index >= 15 is 0 Å². The molecule has 0 aromatic carbocycles. The van der Waals surface area contributed by atoms with Gasteiger partial charge in [-0.25, -0.2) is 4.98 Å². The van der Waals surface area contributed by atoms with Gasteiger partial charge < -0.3 is 11.5 Å². The minimum atomic E-state index is -0.423. The lowest BCUT2D eigenvalue weighted by atomic mass is 10.1. The van der Waals surface area contributed by atoms with Crippen molar-refractivity contribution in [2.45, 2.75) is 12.5 Å². The first-order chi connectivity index (χ1) is 6.15. The van der Waals surface area contributed by atoms with Crippen molar-refractivity contribution < 1.29 is 0 Å². The van der Waals surface area contributed by atoms with Gasteiger partial charge in [0.25, 0.3) is 0 Å². The van der Waals surface area contributed by atoms with Gasteiger partial charge in [0.05, 0.1) is 24.4 Å². The van der Waals surface area contributed by atoms with Gasteiger partial charge in [-0.05, 0) is 6.07 Å². The van der Waals surface area contributed by atoms with Gasteiger partial charge in [-0.15, -0.1) is 0 Å². The number of nitrogens with zero attached hydrogens (tertiary/aromatic N) is 2. The Labute approximate surface area is 81.1 Å². The molecule has 0 aliphatic rings. The summed E-state index contributed by atoms with van der Waals surface area (Å²) in [6.45, 7) is 0. The van der Waals surface area contributed by atoms with Crippen molar-refractivity contribution in [2.24, 2.45) is 5.73 Å². The summed E-state index contributed by atoms with van der Waals surface area (Å²) in [7, 11) is 0. The van der Waals surface area contributed by atoms with Crippen LogP contribution in [-0.4, -0.2) is 4.98 Å². The van der Waals surface area contributed by atoms with Crippen LogP contribution in [0.25, 0.3) is 0 Å². The lowest BCUT2D eigenvalue weighted by Crippen LogP contribution is -2.11. The van der Waals surface area contributed by atoms with Crippen LogP contribution in [0.1, 0.15) is 18.0 Å². The molecule has 1 heterocycles. The summed E-state index contributed by atoms with van der Waals surface area (Å²) < 4.78 is 0. The molecule has 1 aromatic rings. The molecule has 0 saturated carbocycles. The van der Waals surface area contributed by atoms with Crippen molar-refractivity contribution in [1.29, 1.82) is 5.26 Å². The molecule has 0 unspecified atom stereocenters. The monoisotopic (exact) mass is 196 g/mol. The van der Waals surface area contributed by atoms with E-state index < -0.39 is 6.04 Å². The molecule has 0 saturated heterocycles. The highest BCUT2D eigenvalue weighted by Crippen LogP contribution is 2.22. The molecular formula is C8H9ClN4. The first-order valence-corrected chi connectivity index (χ1v) is 4.06. The number of pyridine rings is 1. The van der Waals surface area contributed by atoms with Gasteiger partial charge in [0, 0.05) is 11.6 Å². The molecule has 1 rings (SSSR count). The predicted octanol–water partition coefficient (Wildman–Crippen LogP) is 1.23. The third kappa shape index (κ3) is 2.31. The number of aromatic nitrogens is 1. The summed E-state index contributed by atoms with van der Waals surface area (Å²) >= 11 is 5.77. The quantitative estimate of drug-likeness (QED) is 0.697. The Balaban J connectivity index is 3.00. The van der Waals surface area contributed by atoms with Crippen LogP contribution >= 0.6 is 11.6 Å². The molecule has 0 aliphatic heterocycles. The van der Waals surface area contributed by atoms with Gasteiger partial charge in [-0.3, -0.25) is 0 Å². The van der Waals surface area contributed by atoms with Gasteiger partial charge >= 0.3 is 0 Å². The summed E-state index contributed by atoms with van der Waals surface area (Å²) in [6.07, 6.45) is 1.65. The lowest BCUT2D eigenvalue weighted by molar-refractivity contribution is 0.745. The van der Waals surface area contributed by atoms with Gasteiger partial charge in [-0.1, -0.05) is 11.6 Å². The summed E-state index contributed by atoms with van der Waals surface area (Å²) in [4.78, 5) is 3.83. The van der Waals surface area contributed by atoms with E-state index in [4.69, 9.17) is 28.3 Å². The maximum absolute atomic E-state index is 8.43. The fourth-order valence-electron chi connectivity index (χ4n) is 0.950. The van der Waals surface area contributed by atoms with Gasteiger partial charge in [0.15, 0.2) is 0 Å². The van der Waals surface area contributed by atoms with Crippen LogP contribution in [0.2, 0.25) is 5.15 Å². The van der Waals surface area contributed by atoms with Crippen molar-refractivity contribution in [3.8, 4) is 6.07 Å². The topological polar surface area (TPSA) is 88.7 Å². The molecule has 1 aromatic heterocycles. The Bertz CT molecular complexity index is 344. The average molecular weight is 197 g/mol. The second-order valence-corrected chi connectivity index (χ2v) is 2.98. The molecule has 4 N–H and O–H groups in total. The van der Waals surface area contributed by atoms with Crippen molar-refractivity contribution in [2.75, 3.05) is 5.73 Å². The number of hydrogen-bond donors (Lipinski definition) is 2. The minimum absolute atomic E-state index is 0.199. The molecule has 0 bridgehead atoms. The molecule has 4 nitrogen and oxygen atoms in total. The molecule has 0 amide bonds. The maximum Gasteiger partial charge on any atom is 0.133 e. The highest BCUT2D eigenvalue weighted by atomic mass is 35.5. The van der Waals surface area contributed by atoms with Crippen molar-refractivity contribution >= 4 is 17.3 Å². The van der Waals surface area contributed by atoms with E-state index in [0.29, 0.717) is 16.4 Å². The Morgan fingerprint density at radius 3 is 3.00 bits per heavy atom. The SMILES string of the molecule is N#CC[C@@H](N)c1cc(N)cnc1Cl. The van der Waals surface area contributed by atoms with E-state index in [-0.39, 0.29) is 6.42 Å². The van der Waals surface area contributed by atoms with Gasteiger partial charge in [0.1, 0.15) is 5.15 Å². The second-order valence-electron chi connectivity index (χ2n) is 2.62. The summed E-state index contributed by atoms with van der Waals surface area (Å²) in [5, 5.41) is 8.74. The maximum atomic E-state index is 8.43. The molecule has 1 atom stereocenters. The molecule has 0 radical (unpaired) electrons. The first kappa shape index (κ1) is 9.78. The van der Waals surface area contributed by atoms with Crippen LogP contribution in [0.4, 0.5) is 5.69 Å². The highest BCUT2D eigenvalue weighted by molar-refractivity contribution is 6.30. The predicted molar refractivity (Wildman–Crippen MR) is 50.8 cm³/mol. The number of anilines is 1. The standard InChI is InChI=1S/C8H9ClN4/c9-8-6(7(12)1-2-10)3-5(11)4-13-8/h3-4,7H,1,11-12H2/t7-/m1/s1. The Morgan fingerprint density at radius 1 is 1.69 bits per heavy atom. The number of hydrogen-bond acceptors (Lipinski definition) is 4.